The highest BCUT2D eigenvalue weighted by Gasteiger charge is 2.46. The van der Waals surface area contributed by atoms with E-state index in [-0.39, 0.29) is 11.5 Å². The largest absolute Gasteiger partial charge is 0.478 e. The fraction of sp³-hybridized carbons (Fsp3) is 0.333. The summed E-state index contributed by atoms with van der Waals surface area (Å²) in [6, 6.07) is 6.83. The summed E-state index contributed by atoms with van der Waals surface area (Å²) in [5.74, 6) is -1.08. The molecule has 0 saturated heterocycles. The van der Waals surface area contributed by atoms with Gasteiger partial charge in [-0.2, -0.15) is 0 Å². The second-order valence-corrected chi connectivity index (χ2v) is 4.11. The zero-order chi connectivity index (χ0) is 11.8. The zero-order valence-electron chi connectivity index (χ0n) is 8.99. The standard InChI is InChI=1S/C12H13NO3/c1-8(14)13-12(6-7-12)10-5-3-2-4-9(10)11(15)16/h2-5H,6-7H2,1H3,(H,13,14)(H,15,16). The number of benzene rings is 1. The van der Waals surface area contributed by atoms with E-state index in [2.05, 4.69) is 5.32 Å². The van der Waals surface area contributed by atoms with E-state index < -0.39 is 11.5 Å². The maximum Gasteiger partial charge on any atom is 0.336 e. The lowest BCUT2D eigenvalue weighted by Gasteiger charge is -2.18. The van der Waals surface area contributed by atoms with Gasteiger partial charge in [-0.25, -0.2) is 4.79 Å². The minimum Gasteiger partial charge on any atom is -0.478 e. The van der Waals surface area contributed by atoms with Crippen LogP contribution in [0.4, 0.5) is 0 Å². The Hall–Kier alpha value is -1.84. The summed E-state index contributed by atoms with van der Waals surface area (Å²) in [6.45, 7) is 1.45. The molecular formula is C12H13NO3. The molecule has 0 atom stereocenters. The predicted molar refractivity (Wildman–Crippen MR) is 58.1 cm³/mol. The highest BCUT2D eigenvalue weighted by atomic mass is 16.4. The number of carbonyl (C=O) groups excluding carboxylic acids is 1. The second kappa shape index (κ2) is 3.63. The number of nitrogens with one attached hydrogen (secondary N) is 1. The molecule has 0 radical (unpaired) electrons. The van der Waals surface area contributed by atoms with Crippen LogP contribution in [0.25, 0.3) is 0 Å². The first-order valence-corrected chi connectivity index (χ1v) is 5.17. The molecule has 2 N–H and O–H groups in total. The summed E-state index contributed by atoms with van der Waals surface area (Å²) in [7, 11) is 0. The Labute approximate surface area is 93.3 Å². The SMILES string of the molecule is CC(=O)NC1(c2ccccc2C(=O)O)CC1. The molecule has 1 amide bonds. The van der Waals surface area contributed by atoms with Crippen molar-refractivity contribution in [1.82, 2.24) is 5.32 Å². The molecule has 1 aliphatic carbocycles. The fourth-order valence-electron chi connectivity index (χ4n) is 2.01. The van der Waals surface area contributed by atoms with Crippen LogP contribution in [-0.4, -0.2) is 17.0 Å². The van der Waals surface area contributed by atoms with Gasteiger partial charge in [0.05, 0.1) is 11.1 Å². The summed E-state index contributed by atoms with van der Waals surface area (Å²) in [4.78, 5) is 22.2. The van der Waals surface area contributed by atoms with Gasteiger partial charge < -0.3 is 10.4 Å². The molecule has 2 rings (SSSR count). The number of hydrogen-bond acceptors (Lipinski definition) is 2. The normalized spacial score (nSPS) is 16.6. The van der Waals surface area contributed by atoms with E-state index >= 15 is 0 Å². The molecular weight excluding hydrogens is 206 g/mol. The van der Waals surface area contributed by atoms with Gasteiger partial charge in [-0.15, -0.1) is 0 Å². The molecule has 84 valence electrons. The van der Waals surface area contributed by atoms with Crippen molar-refractivity contribution in [3.05, 3.63) is 35.4 Å². The van der Waals surface area contributed by atoms with Gasteiger partial charge in [0.1, 0.15) is 0 Å². The summed E-state index contributed by atoms with van der Waals surface area (Å²) >= 11 is 0. The molecule has 0 unspecified atom stereocenters. The van der Waals surface area contributed by atoms with Crippen molar-refractivity contribution in [2.75, 3.05) is 0 Å². The van der Waals surface area contributed by atoms with Gasteiger partial charge in [0.25, 0.3) is 0 Å². The lowest BCUT2D eigenvalue weighted by atomic mass is 9.98. The molecule has 16 heavy (non-hydrogen) atoms. The van der Waals surface area contributed by atoms with E-state index in [9.17, 15) is 9.59 Å². The number of amides is 1. The molecule has 4 nitrogen and oxygen atoms in total. The molecule has 0 bridgehead atoms. The Kier molecular flexibility index (Phi) is 2.42. The zero-order valence-corrected chi connectivity index (χ0v) is 8.99. The molecule has 1 fully saturated rings. The van der Waals surface area contributed by atoms with Crippen molar-refractivity contribution in [1.29, 1.82) is 0 Å². The topological polar surface area (TPSA) is 66.4 Å². The van der Waals surface area contributed by atoms with E-state index in [1.165, 1.54) is 6.92 Å². The summed E-state index contributed by atoms with van der Waals surface area (Å²) in [5.41, 5.74) is 0.535. The lowest BCUT2D eigenvalue weighted by molar-refractivity contribution is -0.120. The van der Waals surface area contributed by atoms with Crippen LogP contribution >= 0.6 is 0 Å². The molecule has 1 aromatic rings. The van der Waals surface area contributed by atoms with Crippen molar-refractivity contribution in [3.8, 4) is 0 Å². The van der Waals surface area contributed by atoms with Gasteiger partial charge in [0.15, 0.2) is 0 Å². The highest BCUT2D eigenvalue weighted by Crippen LogP contribution is 2.46. The van der Waals surface area contributed by atoms with Crippen molar-refractivity contribution >= 4 is 11.9 Å². The monoisotopic (exact) mass is 219 g/mol. The van der Waals surface area contributed by atoms with Crippen LogP contribution in [0, 0.1) is 0 Å². The summed E-state index contributed by atoms with van der Waals surface area (Å²) < 4.78 is 0. The maximum atomic E-state index is 11.1. The average Bonchev–Trinajstić information content (AvgIpc) is 2.98. The van der Waals surface area contributed by atoms with Crippen molar-refractivity contribution in [2.45, 2.75) is 25.3 Å². The molecule has 1 aliphatic rings. The quantitative estimate of drug-likeness (QED) is 0.809. The van der Waals surface area contributed by atoms with Gasteiger partial charge in [0, 0.05) is 6.92 Å². The van der Waals surface area contributed by atoms with Gasteiger partial charge in [-0.1, -0.05) is 18.2 Å². The number of carbonyl (C=O) groups is 2. The Morgan fingerprint density at radius 2 is 1.94 bits per heavy atom. The third-order valence-corrected chi connectivity index (χ3v) is 2.84. The number of carboxylic acid groups (broad SMARTS) is 1. The smallest absolute Gasteiger partial charge is 0.336 e. The third kappa shape index (κ3) is 1.78. The van der Waals surface area contributed by atoms with Crippen LogP contribution in [0.5, 0.6) is 0 Å². The summed E-state index contributed by atoms with van der Waals surface area (Å²) in [6.07, 6.45) is 1.60. The van der Waals surface area contributed by atoms with E-state index in [4.69, 9.17) is 5.11 Å². The van der Waals surface area contributed by atoms with Crippen LogP contribution in [0.2, 0.25) is 0 Å². The Morgan fingerprint density at radius 3 is 2.44 bits per heavy atom. The van der Waals surface area contributed by atoms with Crippen LogP contribution in [0.1, 0.15) is 35.7 Å². The molecule has 1 saturated carbocycles. The fourth-order valence-corrected chi connectivity index (χ4v) is 2.01. The predicted octanol–water partition coefficient (Wildman–Crippen LogP) is 1.51. The third-order valence-electron chi connectivity index (χ3n) is 2.84. The number of hydrogen-bond donors (Lipinski definition) is 2. The minimum atomic E-state index is -0.952. The van der Waals surface area contributed by atoms with Gasteiger partial charge >= 0.3 is 5.97 Å². The average molecular weight is 219 g/mol. The van der Waals surface area contributed by atoms with Crippen molar-refractivity contribution < 1.29 is 14.7 Å². The molecule has 1 aromatic carbocycles. The molecule has 0 aliphatic heterocycles. The van der Waals surface area contributed by atoms with Crippen molar-refractivity contribution in [2.24, 2.45) is 0 Å². The van der Waals surface area contributed by atoms with E-state index in [0.717, 1.165) is 12.8 Å². The molecule has 0 aromatic heterocycles. The summed E-state index contributed by atoms with van der Waals surface area (Å²) in [5, 5.41) is 11.9. The maximum absolute atomic E-state index is 11.1. The van der Waals surface area contributed by atoms with Crippen LogP contribution in [0.15, 0.2) is 24.3 Å². The van der Waals surface area contributed by atoms with Crippen molar-refractivity contribution in [3.63, 3.8) is 0 Å². The van der Waals surface area contributed by atoms with E-state index in [1.54, 1.807) is 24.3 Å². The van der Waals surface area contributed by atoms with Crippen LogP contribution in [0.3, 0.4) is 0 Å². The Bertz CT molecular complexity index is 449. The first-order chi connectivity index (χ1) is 7.55. The number of aromatic carboxylic acids is 1. The van der Waals surface area contributed by atoms with Crippen LogP contribution < -0.4 is 5.32 Å². The van der Waals surface area contributed by atoms with Gasteiger partial charge in [-0.05, 0) is 24.5 Å². The Morgan fingerprint density at radius 1 is 1.31 bits per heavy atom. The number of carboxylic acids is 1. The molecule has 0 heterocycles. The minimum absolute atomic E-state index is 0.127. The first kappa shape index (κ1) is 10.7. The first-order valence-electron chi connectivity index (χ1n) is 5.17. The lowest BCUT2D eigenvalue weighted by Crippen LogP contribution is -2.34. The Balaban J connectivity index is 2.40. The molecule has 4 heteroatoms. The van der Waals surface area contributed by atoms with Gasteiger partial charge in [-0.3, -0.25) is 4.79 Å². The van der Waals surface area contributed by atoms with Crippen LogP contribution in [-0.2, 0) is 10.3 Å². The number of rotatable bonds is 3. The highest BCUT2D eigenvalue weighted by molar-refractivity contribution is 5.90. The molecule has 0 spiro atoms. The second-order valence-electron chi connectivity index (χ2n) is 4.11. The van der Waals surface area contributed by atoms with E-state index in [1.807, 2.05) is 0 Å². The van der Waals surface area contributed by atoms with E-state index in [0.29, 0.717) is 5.56 Å². The van der Waals surface area contributed by atoms with Gasteiger partial charge in [0.2, 0.25) is 5.91 Å².